The van der Waals surface area contributed by atoms with Gasteiger partial charge in [0, 0.05) is 29.4 Å². The molecule has 1 saturated heterocycles. The van der Waals surface area contributed by atoms with Crippen molar-refractivity contribution in [1.29, 1.82) is 0 Å². The second-order valence-corrected chi connectivity index (χ2v) is 10.9. The van der Waals surface area contributed by atoms with Gasteiger partial charge < -0.3 is 25.0 Å². The molecule has 2 aromatic carbocycles. The molecular weight excluding hydrogens is 506 g/mol. The minimum Gasteiger partial charge on any atom is -0.490 e. The number of ether oxygens (including phenoxy) is 2. The van der Waals surface area contributed by atoms with Gasteiger partial charge in [0.1, 0.15) is 18.5 Å². The number of hydrogen-bond acceptors (Lipinski definition) is 5. The summed E-state index contributed by atoms with van der Waals surface area (Å²) in [5, 5.41) is 6.47. The van der Waals surface area contributed by atoms with Crippen LogP contribution in [0, 0.1) is 0 Å². The first kappa shape index (κ1) is 26.5. The SMILES string of the molecule is CN1C(=O)c2cc(NC(=O)c3cccc(Cl)c3)ccc2OC[C@@H]2O[C@@H](CC(=O)NC3CCCCC3)CC[C@H]21. The molecule has 0 bridgehead atoms. The topological polar surface area (TPSA) is 97.0 Å². The number of halogens is 1. The van der Waals surface area contributed by atoms with Crippen LogP contribution in [0.1, 0.15) is 72.1 Å². The number of anilines is 1. The highest BCUT2D eigenvalue weighted by molar-refractivity contribution is 6.31. The first-order valence-electron chi connectivity index (χ1n) is 13.4. The fraction of sp³-hybridized carbons (Fsp3) is 0.483. The summed E-state index contributed by atoms with van der Waals surface area (Å²) >= 11 is 6.01. The molecule has 2 heterocycles. The van der Waals surface area contributed by atoms with Crippen LogP contribution in [-0.2, 0) is 9.53 Å². The zero-order valence-electron chi connectivity index (χ0n) is 21.6. The molecule has 2 aliphatic heterocycles. The molecule has 38 heavy (non-hydrogen) atoms. The first-order chi connectivity index (χ1) is 18.4. The van der Waals surface area contributed by atoms with E-state index in [0.717, 1.165) is 19.3 Å². The summed E-state index contributed by atoms with van der Waals surface area (Å²) in [6.45, 7) is 0.268. The Morgan fingerprint density at radius 2 is 1.87 bits per heavy atom. The molecule has 0 radical (unpaired) electrons. The number of rotatable bonds is 5. The Morgan fingerprint density at radius 3 is 2.66 bits per heavy atom. The van der Waals surface area contributed by atoms with Gasteiger partial charge in [-0.15, -0.1) is 0 Å². The Hall–Kier alpha value is -3.10. The number of fused-ring (bicyclic) bond motifs is 2. The third-order valence-electron chi connectivity index (χ3n) is 7.74. The van der Waals surface area contributed by atoms with E-state index in [4.69, 9.17) is 21.1 Å². The van der Waals surface area contributed by atoms with Crippen molar-refractivity contribution in [2.75, 3.05) is 19.0 Å². The third kappa shape index (κ3) is 6.13. The lowest BCUT2D eigenvalue weighted by molar-refractivity contribution is -0.134. The van der Waals surface area contributed by atoms with Crippen molar-refractivity contribution >= 4 is 35.0 Å². The molecule has 5 rings (SSSR count). The number of nitrogens with one attached hydrogen (secondary N) is 2. The number of carbonyl (C=O) groups is 3. The van der Waals surface area contributed by atoms with E-state index in [1.165, 1.54) is 19.3 Å². The van der Waals surface area contributed by atoms with E-state index in [2.05, 4.69) is 10.6 Å². The highest BCUT2D eigenvalue weighted by Crippen LogP contribution is 2.33. The molecule has 0 unspecified atom stereocenters. The zero-order chi connectivity index (χ0) is 26.6. The van der Waals surface area contributed by atoms with E-state index in [1.807, 2.05) is 0 Å². The Bertz CT molecular complexity index is 1200. The predicted molar refractivity (Wildman–Crippen MR) is 145 cm³/mol. The fourth-order valence-corrected chi connectivity index (χ4v) is 5.87. The van der Waals surface area contributed by atoms with Crippen LogP contribution in [0.2, 0.25) is 5.02 Å². The molecule has 202 valence electrons. The first-order valence-corrected chi connectivity index (χ1v) is 13.8. The highest BCUT2D eigenvalue weighted by atomic mass is 35.5. The molecule has 9 heteroatoms. The van der Waals surface area contributed by atoms with Crippen LogP contribution in [-0.4, -0.2) is 60.6 Å². The van der Waals surface area contributed by atoms with E-state index in [1.54, 1.807) is 54.4 Å². The van der Waals surface area contributed by atoms with Crippen molar-refractivity contribution in [3.05, 3.63) is 58.6 Å². The van der Waals surface area contributed by atoms with E-state index in [-0.39, 0.29) is 48.6 Å². The maximum Gasteiger partial charge on any atom is 0.257 e. The minimum absolute atomic E-state index is 0.0363. The van der Waals surface area contributed by atoms with E-state index in [0.29, 0.717) is 40.4 Å². The van der Waals surface area contributed by atoms with E-state index < -0.39 is 0 Å². The molecule has 2 fully saturated rings. The lowest BCUT2D eigenvalue weighted by Crippen LogP contribution is -2.54. The number of amides is 3. The molecule has 1 aliphatic carbocycles. The minimum atomic E-state index is -0.333. The maximum absolute atomic E-state index is 13.5. The number of benzene rings is 2. The van der Waals surface area contributed by atoms with Crippen LogP contribution in [0.4, 0.5) is 5.69 Å². The second kappa shape index (κ2) is 11.7. The van der Waals surface area contributed by atoms with Crippen molar-refractivity contribution in [3.63, 3.8) is 0 Å². The van der Waals surface area contributed by atoms with Gasteiger partial charge in [0.25, 0.3) is 11.8 Å². The number of likely N-dealkylation sites (N-methyl/N-ethyl adjacent to an activating group) is 1. The lowest BCUT2D eigenvalue weighted by atomic mass is 9.93. The van der Waals surface area contributed by atoms with E-state index in [9.17, 15) is 14.4 Å². The standard InChI is InChI=1S/C29H34ClN3O5/c1-33-24-12-11-22(16-27(34)31-20-8-3-2-4-9-20)38-26(24)17-37-25-13-10-21(15-23(25)29(33)36)32-28(35)18-6-5-7-19(30)14-18/h5-7,10,13-15,20,22,24,26H,2-4,8-9,11-12,16-17H2,1H3,(H,31,34)(H,32,35)/t22-,24-,26+/m1/s1. The molecule has 3 amide bonds. The summed E-state index contributed by atoms with van der Waals surface area (Å²) in [4.78, 5) is 40.5. The van der Waals surface area contributed by atoms with Gasteiger partial charge in [0.15, 0.2) is 0 Å². The zero-order valence-corrected chi connectivity index (χ0v) is 22.3. The third-order valence-corrected chi connectivity index (χ3v) is 7.97. The van der Waals surface area contributed by atoms with Crippen molar-refractivity contribution < 1.29 is 23.9 Å². The average molecular weight is 540 g/mol. The van der Waals surface area contributed by atoms with Crippen LogP contribution < -0.4 is 15.4 Å². The van der Waals surface area contributed by atoms with Crippen molar-refractivity contribution in [1.82, 2.24) is 10.2 Å². The smallest absolute Gasteiger partial charge is 0.257 e. The molecule has 0 spiro atoms. The summed E-state index contributed by atoms with van der Waals surface area (Å²) in [6, 6.07) is 11.8. The van der Waals surface area contributed by atoms with Crippen molar-refractivity contribution in [2.24, 2.45) is 0 Å². The fourth-order valence-electron chi connectivity index (χ4n) is 5.68. The van der Waals surface area contributed by atoms with Gasteiger partial charge >= 0.3 is 0 Å². The highest BCUT2D eigenvalue weighted by Gasteiger charge is 2.39. The van der Waals surface area contributed by atoms with Crippen molar-refractivity contribution in [2.45, 2.75) is 75.7 Å². The average Bonchev–Trinajstić information content (AvgIpc) is 2.91. The monoisotopic (exact) mass is 539 g/mol. The van der Waals surface area contributed by atoms with E-state index >= 15 is 0 Å². The molecule has 3 aliphatic rings. The lowest BCUT2D eigenvalue weighted by Gasteiger charge is -2.42. The summed E-state index contributed by atoms with van der Waals surface area (Å²) < 4.78 is 12.4. The molecule has 3 atom stereocenters. The van der Waals surface area contributed by atoms with Crippen LogP contribution >= 0.6 is 11.6 Å². The van der Waals surface area contributed by atoms with Crippen LogP contribution in [0.25, 0.3) is 0 Å². The Kier molecular flexibility index (Phi) is 8.19. The number of carbonyl (C=O) groups excluding carboxylic acids is 3. The molecular formula is C29H34ClN3O5. The van der Waals surface area contributed by atoms with Gasteiger partial charge in [0.05, 0.1) is 24.1 Å². The molecule has 8 nitrogen and oxygen atoms in total. The summed E-state index contributed by atoms with van der Waals surface area (Å²) in [7, 11) is 1.77. The summed E-state index contributed by atoms with van der Waals surface area (Å²) in [5.74, 6) is -0.0546. The molecule has 0 aromatic heterocycles. The summed E-state index contributed by atoms with van der Waals surface area (Å²) in [6.07, 6.45) is 6.89. The normalized spacial score (nSPS) is 23.8. The quantitative estimate of drug-likeness (QED) is 0.568. The van der Waals surface area contributed by atoms with Crippen molar-refractivity contribution in [3.8, 4) is 5.75 Å². The van der Waals surface area contributed by atoms with Crippen LogP contribution in [0.5, 0.6) is 5.75 Å². The molecule has 2 aromatic rings. The largest absolute Gasteiger partial charge is 0.490 e. The van der Waals surface area contributed by atoms with Gasteiger partial charge in [-0.3, -0.25) is 14.4 Å². The Balaban J connectivity index is 1.24. The van der Waals surface area contributed by atoms with Gasteiger partial charge in [-0.1, -0.05) is 36.9 Å². The predicted octanol–water partition coefficient (Wildman–Crippen LogP) is 4.81. The second-order valence-electron chi connectivity index (χ2n) is 10.5. The van der Waals surface area contributed by atoms with Gasteiger partial charge in [-0.25, -0.2) is 0 Å². The van der Waals surface area contributed by atoms with Gasteiger partial charge in [0.2, 0.25) is 5.91 Å². The number of hydrogen-bond donors (Lipinski definition) is 2. The summed E-state index contributed by atoms with van der Waals surface area (Å²) in [5.41, 5.74) is 1.29. The maximum atomic E-state index is 13.5. The van der Waals surface area contributed by atoms with Crippen LogP contribution in [0.15, 0.2) is 42.5 Å². The molecule has 1 saturated carbocycles. The molecule has 2 N–H and O–H groups in total. The number of nitrogens with zero attached hydrogens (tertiary/aromatic N) is 1. The van der Waals surface area contributed by atoms with Gasteiger partial charge in [-0.2, -0.15) is 0 Å². The van der Waals surface area contributed by atoms with Gasteiger partial charge in [-0.05, 0) is 62.1 Å². The Labute approximate surface area is 228 Å². The Morgan fingerprint density at radius 1 is 1.05 bits per heavy atom. The van der Waals surface area contributed by atoms with Crippen LogP contribution in [0.3, 0.4) is 0 Å².